The normalized spacial score (nSPS) is 10.6. The molecule has 0 aliphatic heterocycles. The molecule has 0 atom stereocenters. The number of nitrogens with one attached hydrogen (secondary N) is 1. The number of rotatable bonds is 1. The van der Waals surface area contributed by atoms with Gasteiger partial charge in [0.1, 0.15) is 5.82 Å². The van der Waals surface area contributed by atoms with Crippen LogP contribution in [0.2, 0.25) is 0 Å². The van der Waals surface area contributed by atoms with Crippen molar-refractivity contribution in [1.29, 1.82) is 0 Å². The van der Waals surface area contributed by atoms with Crippen molar-refractivity contribution in [2.24, 2.45) is 0 Å². The fourth-order valence-electron chi connectivity index (χ4n) is 1.37. The van der Waals surface area contributed by atoms with Gasteiger partial charge in [-0.15, -0.1) is 0 Å². The van der Waals surface area contributed by atoms with Crippen LogP contribution in [0, 0.1) is 18.6 Å². The summed E-state index contributed by atoms with van der Waals surface area (Å²) in [4.78, 5) is 0. The predicted molar refractivity (Wildman–Crippen MR) is 53.1 cm³/mol. The van der Waals surface area contributed by atoms with Gasteiger partial charge in [0, 0.05) is 11.6 Å². The highest BCUT2D eigenvalue weighted by molar-refractivity contribution is 5.62. The van der Waals surface area contributed by atoms with E-state index in [9.17, 15) is 8.78 Å². The molecule has 0 fully saturated rings. The van der Waals surface area contributed by atoms with E-state index in [1.165, 1.54) is 13.0 Å². The number of anilines is 1. The van der Waals surface area contributed by atoms with Crippen LogP contribution >= 0.6 is 0 Å². The summed E-state index contributed by atoms with van der Waals surface area (Å²) >= 11 is 0. The molecule has 0 saturated heterocycles. The second kappa shape index (κ2) is 3.34. The minimum Gasteiger partial charge on any atom is -0.382 e. The SMILES string of the molecule is Cc1cc(-c2cc(N)n[nH]2)cc(F)c1F. The van der Waals surface area contributed by atoms with Gasteiger partial charge in [0.05, 0.1) is 5.69 Å². The number of benzene rings is 1. The summed E-state index contributed by atoms with van der Waals surface area (Å²) in [5.74, 6) is -1.39. The van der Waals surface area contributed by atoms with Crippen LogP contribution in [0.4, 0.5) is 14.6 Å². The molecule has 3 nitrogen and oxygen atoms in total. The van der Waals surface area contributed by atoms with Crippen molar-refractivity contribution in [2.45, 2.75) is 6.92 Å². The lowest BCUT2D eigenvalue weighted by atomic mass is 10.1. The zero-order chi connectivity index (χ0) is 11.0. The number of hydrogen-bond acceptors (Lipinski definition) is 2. The topological polar surface area (TPSA) is 54.7 Å². The second-order valence-electron chi connectivity index (χ2n) is 3.30. The molecule has 1 aromatic heterocycles. The van der Waals surface area contributed by atoms with Crippen LogP contribution in [-0.2, 0) is 0 Å². The lowest BCUT2D eigenvalue weighted by Crippen LogP contribution is -1.90. The molecule has 0 unspecified atom stereocenters. The van der Waals surface area contributed by atoms with Gasteiger partial charge in [-0.2, -0.15) is 5.10 Å². The van der Waals surface area contributed by atoms with E-state index in [0.717, 1.165) is 6.07 Å². The van der Waals surface area contributed by atoms with Crippen LogP contribution in [0.5, 0.6) is 0 Å². The molecule has 1 heterocycles. The number of halogens is 2. The van der Waals surface area contributed by atoms with E-state index in [4.69, 9.17) is 5.73 Å². The first-order valence-electron chi connectivity index (χ1n) is 4.35. The molecular weight excluding hydrogens is 200 g/mol. The molecule has 15 heavy (non-hydrogen) atoms. The van der Waals surface area contributed by atoms with Gasteiger partial charge in [0.15, 0.2) is 11.6 Å². The molecule has 0 saturated carbocycles. The molecular formula is C10H9F2N3. The Hall–Kier alpha value is -1.91. The van der Waals surface area contributed by atoms with Crippen molar-refractivity contribution < 1.29 is 8.78 Å². The van der Waals surface area contributed by atoms with Gasteiger partial charge in [-0.25, -0.2) is 8.78 Å². The average Bonchev–Trinajstić information content (AvgIpc) is 2.60. The van der Waals surface area contributed by atoms with Crippen LogP contribution in [0.15, 0.2) is 18.2 Å². The molecule has 0 spiro atoms. The summed E-state index contributed by atoms with van der Waals surface area (Å²) in [5, 5.41) is 6.34. The van der Waals surface area contributed by atoms with Gasteiger partial charge >= 0.3 is 0 Å². The summed E-state index contributed by atoms with van der Waals surface area (Å²) in [6.07, 6.45) is 0. The van der Waals surface area contributed by atoms with E-state index in [1.54, 1.807) is 6.07 Å². The highest BCUT2D eigenvalue weighted by Crippen LogP contribution is 2.23. The number of hydrogen-bond donors (Lipinski definition) is 2. The largest absolute Gasteiger partial charge is 0.382 e. The molecule has 2 aromatic rings. The number of aromatic nitrogens is 2. The monoisotopic (exact) mass is 209 g/mol. The lowest BCUT2D eigenvalue weighted by molar-refractivity contribution is 0.503. The molecule has 2 rings (SSSR count). The minimum atomic E-state index is -0.877. The Labute approximate surface area is 84.9 Å². The van der Waals surface area contributed by atoms with E-state index in [1.807, 2.05) is 0 Å². The zero-order valence-electron chi connectivity index (χ0n) is 8.01. The van der Waals surface area contributed by atoms with Gasteiger partial charge in [-0.1, -0.05) is 0 Å². The fourth-order valence-corrected chi connectivity index (χ4v) is 1.37. The maximum Gasteiger partial charge on any atom is 0.161 e. The Morgan fingerprint density at radius 2 is 2.00 bits per heavy atom. The van der Waals surface area contributed by atoms with Crippen LogP contribution in [0.3, 0.4) is 0 Å². The summed E-state index contributed by atoms with van der Waals surface area (Å²) in [6.45, 7) is 1.50. The molecule has 1 aromatic carbocycles. The summed E-state index contributed by atoms with van der Waals surface area (Å²) in [5.41, 5.74) is 6.75. The molecule has 0 aliphatic rings. The standard InChI is InChI=1S/C10H9F2N3/c1-5-2-6(3-7(11)10(5)12)8-4-9(13)15-14-8/h2-4H,1H3,(H3,13,14,15). The molecule has 0 bridgehead atoms. The Balaban J connectivity index is 2.55. The molecule has 0 aliphatic carbocycles. The van der Waals surface area contributed by atoms with Crippen molar-refractivity contribution in [3.63, 3.8) is 0 Å². The van der Waals surface area contributed by atoms with Crippen molar-refractivity contribution in [1.82, 2.24) is 10.2 Å². The van der Waals surface area contributed by atoms with Crippen LogP contribution < -0.4 is 5.73 Å². The van der Waals surface area contributed by atoms with Gasteiger partial charge < -0.3 is 5.73 Å². The van der Waals surface area contributed by atoms with Crippen LogP contribution in [-0.4, -0.2) is 10.2 Å². The number of nitrogen functional groups attached to an aromatic ring is 1. The maximum absolute atomic E-state index is 13.1. The third-order valence-corrected chi connectivity index (χ3v) is 2.12. The Morgan fingerprint density at radius 1 is 1.27 bits per heavy atom. The molecule has 0 radical (unpaired) electrons. The molecule has 3 N–H and O–H groups in total. The highest BCUT2D eigenvalue weighted by Gasteiger charge is 2.09. The Morgan fingerprint density at radius 3 is 2.53 bits per heavy atom. The summed E-state index contributed by atoms with van der Waals surface area (Å²) in [6, 6.07) is 4.20. The number of nitrogens with two attached hydrogens (primary N) is 1. The molecule has 78 valence electrons. The maximum atomic E-state index is 13.1. The first kappa shape index (κ1) is 9.64. The number of aryl methyl sites for hydroxylation is 1. The smallest absolute Gasteiger partial charge is 0.161 e. The Kier molecular flexibility index (Phi) is 2.15. The van der Waals surface area contributed by atoms with Crippen molar-refractivity contribution in [3.05, 3.63) is 35.4 Å². The summed E-state index contributed by atoms with van der Waals surface area (Å²) in [7, 11) is 0. The highest BCUT2D eigenvalue weighted by atomic mass is 19.2. The molecule has 5 heteroatoms. The third kappa shape index (κ3) is 1.68. The zero-order valence-corrected chi connectivity index (χ0v) is 8.01. The van der Waals surface area contributed by atoms with E-state index < -0.39 is 11.6 Å². The van der Waals surface area contributed by atoms with Crippen molar-refractivity contribution >= 4 is 5.82 Å². The molecule has 0 amide bonds. The minimum absolute atomic E-state index is 0.248. The number of nitrogens with zero attached hydrogens (tertiary/aromatic N) is 1. The summed E-state index contributed by atoms with van der Waals surface area (Å²) < 4.78 is 26.1. The number of H-pyrrole nitrogens is 1. The Bertz CT molecular complexity index is 482. The van der Waals surface area contributed by atoms with Gasteiger partial charge in [0.25, 0.3) is 0 Å². The fraction of sp³-hybridized carbons (Fsp3) is 0.100. The first-order chi connectivity index (χ1) is 7.08. The van der Waals surface area contributed by atoms with Gasteiger partial charge in [-0.05, 0) is 24.6 Å². The van der Waals surface area contributed by atoms with E-state index in [-0.39, 0.29) is 5.56 Å². The number of aromatic amines is 1. The van der Waals surface area contributed by atoms with Crippen LogP contribution in [0.25, 0.3) is 11.3 Å². The lowest BCUT2D eigenvalue weighted by Gasteiger charge is -2.02. The van der Waals surface area contributed by atoms with Crippen LogP contribution in [0.1, 0.15) is 5.56 Å². The predicted octanol–water partition coefficient (Wildman–Crippen LogP) is 2.25. The van der Waals surface area contributed by atoms with E-state index in [2.05, 4.69) is 10.2 Å². The van der Waals surface area contributed by atoms with Gasteiger partial charge in [0.2, 0.25) is 0 Å². The third-order valence-electron chi connectivity index (χ3n) is 2.12. The van der Waals surface area contributed by atoms with Gasteiger partial charge in [-0.3, -0.25) is 5.10 Å². The van der Waals surface area contributed by atoms with E-state index >= 15 is 0 Å². The second-order valence-corrected chi connectivity index (χ2v) is 3.30. The quantitative estimate of drug-likeness (QED) is 0.756. The first-order valence-corrected chi connectivity index (χ1v) is 4.35. The van der Waals surface area contributed by atoms with Crippen molar-refractivity contribution in [2.75, 3.05) is 5.73 Å². The van der Waals surface area contributed by atoms with Crippen molar-refractivity contribution in [3.8, 4) is 11.3 Å². The average molecular weight is 209 g/mol. The van der Waals surface area contributed by atoms with E-state index in [0.29, 0.717) is 17.1 Å².